The van der Waals surface area contributed by atoms with E-state index >= 15 is 0 Å². The first-order chi connectivity index (χ1) is 7.15. The Morgan fingerprint density at radius 3 is 3.07 bits per heavy atom. The molecule has 1 heterocycles. The van der Waals surface area contributed by atoms with E-state index in [2.05, 4.69) is 4.98 Å². The van der Waals surface area contributed by atoms with Gasteiger partial charge in [-0.1, -0.05) is 6.07 Å². The monoisotopic (exact) mass is 221 g/mol. The molecule has 4 heteroatoms. The van der Waals surface area contributed by atoms with E-state index in [-0.39, 0.29) is 6.42 Å². The standard InChI is InChI=1S/C11H11NO2S/c1-7-12-9-4-2-8(3-5-11(13)14)6-10(9)15-7/h2,4,6H,3,5H2,1H3,(H,13,14). The molecule has 0 aliphatic carbocycles. The van der Waals surface area contributed by atoms with Crippen LogP contribution >= 0.6 is 11.3 Å². The molecule has 0 radical (unpaired) electrons. The fourth-order valence-corrected chi connectivity index (χ4v) is 2.38. The Hall–Kier alpha value is -1.42. The summed E-state index contributed by atoms with van der Waals surface area (Å²) in [5.41, 5.74) is 2.06. The number of thiazole rings is 1. The van der Waals surface area contributed by atoms with E-state index < -0.39 is 5.97 Å². The van der Waals surface area contributed by atoms with E-state index in [1.54, 1.807) is 11.3 Å². The molecule has 0 saturated heterocycles. The minimum Gasteiger partial charge on any atom is -0.481 e. The first-order valence-corrected chi connectivity index (χ1v) is 5.54. The summed E-state index contributed by atoms with van der Waals surface area (Å²) in [6.45, 7) is 1.97. The number of hydrogen-bond donors (Lipinski definition) is 1. The molecule has 0 amide bonds. The summed E-state index contributed by atoms with van der Waals surface area (Å²) in [5, 5.41) is 9.62. The lowest BCUT2D eigenvalue weighted by Gasteiger charge is -1.97. The minimum atomic E-state index is -0.754. The molecule has 2 aromatic rings. The number of hydrogen-bond acceptors (Lipinski definition) is 3. The van der Waals surface area contributed by atoms with Crippen LogP contribution in [0, 0.1) is 6.92 Å². The van der Waals surface area contributed by atoms with E-state index in [4.69, 9.17) is 5.11 Å². The summed E-state index contributed by atoms with van der Waals surface area (Å²) in [6, 6.07) is 5.93. The maximum absolute atomic E-state index is 10.4. The number of aryl methyl sites for hydroxylation is 2. The third kappa shape index (κ3) is 2.33. The maximum atomic E-state index is 10.4. The van der Waals surface area contributed by atoms with Gasteiger partial charge in [0, 0.05) is 6.42 Å². The zero-order chi connectivity index (χ0) is 10.8. The predicted molar refractivity (Wildman–Crippen MR) is 60.3 cm³/mol. The number of aromatic nitrogens is 1. The van der Waals surface area contributed by atoms with Crippen LogP contribution in [0.5, 0.6) is 0 Å². The van der Waals surface area contributed by atoms with E-state index in [1.165, 1.54) is 0 Å². The average molecular weight is 221 g/mol. The highest BCUT2D eigenvalue weighted by Gasteiger charge is 2.03. The van der Waals surface area contributed by atoms with E-state index in [0.717, 1.165) is 20.8 Å². The van der Waals surface area contributed by atoms with Gasteiger partial charge in [-0.3, -0.25) is 4.79 Å². The van der Waals surface area contributed by atoms with Crippen LogP contribution in [-0.2, 0) is 11.2 Å². The molecule has 0 aliphatic rings. The van der Waals surface area contributed by atoms with Crippen LogP contribution in [0.2, 0.25) is 0 Å². The molecule has 1 aromatic heterocycles. The molecule has 0 bridgehead atoms. The number of nitrogens with zero attached hydrogens (tertiary/aromatic N) is 1. The van der Waals surface area contributed by atoms with Gasteiger partial charge in [-0.15, -0.1) is 11.3 Å². The van der Waals surface area contributed by atoms with Gasteiger partial charge in [-0.2, -0.15) is 0 Å². The molecule has 15 heavy (non-hydrogen) atoms. The van der Waals surface area contributed by atoms with Crippen LogP contribution in [0.4, 0.5) is 0 Å². The molecule has 0 fully saturated rings. The fraction of sp³-hybridized carbons (Fsp3) is 0.273. The van der Waals surface area contributed by atoms with Crippen LogP contribution in [0.15, 0.2) is 18.2 Å². The van der Waals surface area contributed by atoms with Gasteiger partial charge in [0.25, 0.3) is 0 Å². The smallest absolute Gasteiger partial charge is 0.303 e. The lowest BCUT2D eigenvalue weighted by Crippen LogP contribution is -1.96. The maximum Gasteiger partial charge on any atom is 0.303 e. The van der Waals surface area contributed by atoms with Crippen molar-refractivity contribution in [3.8, 4) is 0 Å². The van der Waals surface area contributed by atoms with Crippen molar-refractivity contribution in [3.05, 3.63) is 28.8 Å². The second-order valence-corrected chi connectivity index (χ2v) is 4.66. The normalized spacial score (nSPS) is 10.7. The minimum absolute atomic E-state index is 0.184. The van der Waals surface area contributed by atoms with Gasteiger partial charge in [0.2, 0.25) is 0 Å². The summed E-state index contributed by atoms with van der Waals surface area (Å²) in [6.07, 6.45) is 0.769. The van der Waals surface area contributed by atoms with E-state index in [0.29, 0.717) is 6.42 Å². The lowest BCUT2D eigenvalue weighted by molar-refractivity contribution is -0.136. The zero-order valence-corrected chi connectivity index (χ0v) is 9.17. The number of benzene rings is 1. The Balaban J connectivity index is 2.26. The first-order valence-electron chi connectivity index (χ1n) is 4.73. The summed E-state index contributed by atoms with van der Waals surface area (Å²) in [7, 11) is 0. The van der Waals surface area contributed by atoms with Crippen molar-refractivity contribution in [1.29, 1.82) is 0 Å². The molecule has 0 saturated carbocycles. The van der Waals surface area contributed by atoms with E-state index in [9.17, 15) is 4.79 Å². The van der Waals surface area contributed by atoms with Crippen LogP contribution in [0.3, 0.4) is 0 Å². The third-order valence-electron chi connectivity index (χ3n) is 2.19. The summed E-state index contributed by atoms with van der Waals surface area (Å²) < 4.78 is 1.13. The van der Waals surface area contributed by atoms with Crippen molar-refractivity contribution in [3.63, 3.8) is 0 Å². The lowest BCUT2D eigenvalue weighted by atomic mass is 10.1. The number of carboxylic acids is 1. The number of carboxylic acid groups (broad SMARTS) is 1. The highest BCUT2D eigenvalue weighted by molar-refractivity contribution is 7.18. The van der Waals surface area contributed by atoms with Gasteiger partial charge in [0.15, 0.2) is 0 Å². The van der Waals surface area contributed by atoms with Crippen molar-refractivity contribution < 1.29 is 9.90 Å². The highest BCUT2D eigenvalue weighted by Crippen LogP contribution is 2.23. The van der Waals surface area contributed by atoms with Gasteiger partial charge >= 0.3 is 5.97 Å². The predicted octanol–water partition coefficient (Wildman–Crippen LogP) is 2.62. The Morgan fingerprint density at radius 1 is 1.53 bits per heavy atom. The Kier molecular flexibility index (Phi) is 2.68. The number of carbonyl (C=O) groups is 1. The third-order valence-corrected chi connectivity index (χ3v) is 3.12. The molecular formula is C11H11NO2S. The van der Waals surface area contributed by atoms with E-state index in [1.807, 2.05) is 25.1 Å². The fourth-order valence-electron chi connectivity index (χ4n) is 1.49. The molecular weight excluding hydrogens is 210 g/mol. The molecule has 0 unspecified atom stereocenters. The van der Waals surface area contributed by atoms with Crippen molar-refractivity contribution >= 4 is 27.5 Å². The van der Waals surface area contributed by atoms with Crippen LogP contribution < -0.4 is 0 Å². The zero-order valence-electron chi connectivity index (χ0n) is 8.36. The molecule has 1 aromatic carbocycles. The topological polar surface area (TPSA) is 50.2 Å². The van der Waals surface area contributed by atoms with Crippen LogP contribution in [0.1, 0.15) is 17.0 Å². The highest BCUT2D eigenvalue weighted by atomic mass is 32.1. The van der Waals surface area contributed by atoms with Crippen molar-refractivity contribution in [2.75, 3.05) is 0 Å². The second-order valence-electron chi connectivity index (χ2n) is 3.43. The molecule has 1 N–H and O–H groups in total. The number of fused-ring (bicyclic) bond motifs is 1. The van der Waals surface area contributed by atoms with Crippen LogP contribution in [0.25, 0.3) is 10.2 Å². The quantitative estimate of drug-likeness (QED) is 0.866. The van der Waals surface area contributed by atoms with Gasteiger partial charge < -0.3 is 5.11 Å². The molecule has 78 valence electrons. The van der Waals surface area contributed by atoms with Crippen molar-refractivity contribution in [2.45, 2.75) is 19.8 Å². The average Bonchev–Trinajstić information content (AvgIpc) is 2.53. The Labute approximate surface area is 91.4 Å². The van der Waals surface area contributed by atoms with Crippen molar-refractivity contribution in [2.24, 2.45) is 0 Å². The summed E-state index contributed by atoms with van der Waals surface area (Å²) in [4.78, 5) is 14.8. The molecule has 0 atom stereocenters. The molecule has 2 rings (SSSR count). The van der Waals surface area contributed by atoms with Gasteiger partial charge in [-0.25, -0.2) is 4.98 Å². The Morgan fingerprint density at radius 2 is 2.33 bits per heavy atom. The molecule has 3 nitrogen and oxygen atoms in total. The summed E-state index contributed by atoms with van der Waals surface area (Å²) in [5.74, 6) is -0.754. The van der Waals surface area contributed by atoms with Crippen LogP contribution in [-0.4, -0.2) is 16.1 Å². The Bertz CT molecular complexity index is 504. The first kappa shape index (κ1) is 10.1. The van der Waals surface area contributed by atoms with Gasteiger partial charge in [0.1, 0.15) is 0 Å². The molecule has 0 aliphatic heterocycles. The SMILES string of the molecule is Cc1nc2ccc(CCC(=O)O)cc2s1. The second kappa shape index (κ2) is 3.98. The van der Waals surface area contributed by atoms with Crippen molar-refractivity contribution in [1.82, 2.24) is 4.98 Å². The molecule has 0 spiro atoms. The largest absolute Gasteiger partial charge is 0.481 e. The summed E-state index contributed by atoms with van der Waals surface area (Å²) >= 11 is 1.64. The van der Waals surface area contributed by atoms with Gasteiger partial charge in [0.05, 0.1) is 15.2 Å². The van der Waals surface area contributed by atoms with Gasteiger partial charge in [-0.05, 0) is 31.0 Å². The number of aliphatic carboxylic acids is 1. The number of rotatable bonds is 3.